The molecule has 0 saturated heterocycles. The Hall–Kier alpha value is -1.20. The lowest BCUT2D eigenvalue weighted by Gasteiger charge is -2.17. The van der Waals surface area contributed by atoms with Gasteiger partial charge in [0.2, 0.25) is 5.88 Å². The van der Waals surface area contributed by atoms with Crippen LogP contribution in [0.2, 0.25) is 0 Å². The van der Waals surface area contributed by atoms with E-state index in [1.54, 1.807) is 0 Å². The van der Waals surface area contributed by atoms with Crippen molar-refractivity contribution in [3.05, 3.63) is 17.8 Å². The summed E-state index contributed by atoms with van der Waals surface area (Å²) in [4.78, 5) is 3.72. The Bertz CT molecular complexity index is 339. The molecule has 0 amide bonds. The molecule has 2 nitrogen and oxygen atoms in total. The van der Waals surface area contributed by atoms with E-state index in [1.165, 1.54) is 0 Å². The zero-order chi connectivity index (χ0) is 9.47. The van der Waals surface area contributed by atoms with Gasteiger partial charge in [0.1, 0.15) is 0 Å². The van der Waals surface area contributed by atoms with Gasteiger partial charge in [0.25, 0.3) is 0 Å². The third-order valence-electron chi connectivity index (χ3n) is 2.00. The van der Waals surface area contributed by atoms with E-state index >= 15 is 0 Å². The molecule has 1 aromatic heterocycles. The van der Waals surface area contributed by atoms with Gasteiger partial charge >= 0.3 is 6.98 Å². The lowest BCUT2D eigenvalue weighted by Crippen LogP contribution is -2.36. The number of aromatic nitrogens is 1. The van der Waals surface area contributed by atoms with Crippen LogP contribution < -0.4 is 10.2 Å². The Morgan fingerprint density at radius 3 is 2.85 bits per heavy atom. The quantitative estimate of drug-likeness (QED) is 0.615. The summed E-state index contributed by atoms with van der Waals surface area (Å²) in [5, 5.41) is 0. The summed E-state index contributed by atoms with van der Waals surface area (Å²) in [7, 11) is 0. The Kier molecular flexibility index (Phi) is 1.71. The highest BCUT2D eigenvalue weighted by molar-refractivity contribution is 6.74. The van der Waals surface area contributed by atoms with Crippen LogP contribution in [0, 0.1) is 0 Å². The van der Waals surface area contributed by atoms with E-state index in [2.05, 4.69) is 4.98 Å². The van der Waals surface area contributed by atoms with Crippen molar-refractivity contribution < 1.29 is 17.7 Å². The molecule has 0 bridgehead atoms. The van der Waals surface area contributed by atoms with E-state index in [0.29, 0.717) is 13.0 Å². The number of fused-ring (bicyclic) bond motifs is 1. The van der Waals surface area contributed by atoms with Crippen molar-refractivity contribution in [2.24, 2.45) is 0 Å². The molecule has 6 heteroatoms. The SMILES string of the molecule is F[B-](F)(F)c1ccnc2c1CCO2. The van der Waals surface area contributed by atoms with Gasteiger partial charge in [-0.15, -0.1) is 0 Å². The van der Waals surface area contributed by atoms with Crippen molar-refractivity contribution in [1.29, 1.82) is 0 Å². The van der Waals surface area contributed by atoms with Gasteiger partial charge in [-0.1, -0.05) is 11.5 Å². The van der Waals surface area contributed by atoms with Crippen molar-refractivity contribution >= 4 is 12.4 Å². The van der Waals surface area contributed by atoms with Gasteiger partial charge < -0.3 is 17.7 Å². The first-order chi connectivity index (χ1) is 6.09. The number of hydrogen-bond donors (Lipinski definition) is 0. The van der Waals surface area contributed by atoms with E-state index in [0.717, 1.165) is 12.3 Å². The van der Waals surface area contributed by atoms with Gasteiger partial charge in [0, 0.05) is 12.6 Å². The first-order valence-electron chi connectivity index (χ1n) is 3.89. The standard InChI is InChI=1S/C7H6BF3NO/c9-8(10,11)6-1-3-12-7-5(6)2-4-13-7/h1,3H,2,4H2/q-1. The molecule has 0 fully saturated rings. The van der Waals surface area contributed by atoms with Gasteiger partial charge in [-0.2, -0.15) is 0 Å². The van der Waals surface area contributed by atoms with E-state index < -0.39 is 12.4 Å². The molecule has 0 aromatic carbocycles. The molecule has 0 radical (unpaired) electrons. The maximum atomic E-state index is 12.4. The number of rotatable bonds is 1. The molecule has 0 saturated carbocycles. The Labute approximate surface area is 72.8 Å². The van der Waals surface area contributed by atoms with Crippen LogP contribution in [0.5, 0.6) is 5.88 Å². The fourth-order valence-electron chi connectivity index (χ4n) is 1.42. The van der Waals surface area contributed by atoms with Crippen LogP contribution in [0.25, 0.3) is 0 Å². The smallest absolute Gasteiger partial charge is 0.477 e. The Morgan fingerprint density at radius 1 is 1.38 bits per heavy atom. The van der Waals surface area contributed by atoms with Gasteiger partial charge in [0.15, 0.2) is 0 Å². The number of pyridine rings is 1. The molecule has 1 aromatic rings. The Balaban J connectivity index is 2.54. The fourth-order valence-corrected chi connectivity index (χ4v) is 1.42. The normalized spacial score (nSPS) is 15.3. The van der Waals surface area contributed by atoms with E-state index in [-0.39, 0.29) is 11.4 Å². The molecule has 0 aliphatic carbocycles. The predicted molar refractivity (Wildman–Crippen MR) is 42.1 cm³/mol. The molecule has 0 unspecified atom stereocenters. The lowest BCUT2D eigenvalue weighted by atomic mass is 9.77. The second kappa shape index (κ2) is 2.65. The van der Waals surface area contributed by atoms with Gasteiger partial charge in [0.05, 0.1) is 6.61 Å². The summed E-state index contributed by atoms with van der Waals surface area (Å²) in [5.41, 5.74) is -0.363. The maximum Gasteiger partial charge on any atom is 0.510 e. The number of hydrogen-bond acceptors (Lipinski definition) is 2. The number of ether oxygens (including phenoxy) is 1. The third kappa shape index (κ3) is 1.36. The predicted octanol–water partition coefficient (Wildman–Crippen LogP) is 1.07. The van der Waals surface area contributed by atoms with E-state index in [4.69, 9.17) is 4.74 Å². The van der Waals surface area contributed by atoms with Crippen LogP contribution in [0.3, 0.4) is 0 Å². The molecule has 2 heterocycles. The van der Waals surface area contributed by atoms with Crippen LogP contribution >= 0.6 is 0 Å². The second-order valence-electron chi connectivity index (χ2n) is 2.86. The highest BCUT2D eigenvalue weighted by Crippen LogP contribution is 2.23. The molecule has 2 rings (SSSR count). The van der Waals surface area contributed by atoms with Crippen LogP contribution in [0.1, 0.15) is 5.56 Å². The van der Waals surface area contributed by atoms with E-state index in [1.807, 2.05) is 0 Å². The number of halogens is 3. The molecule has 13 heavy (non-hydrogen) atoms. The molecule has 1 aliphatic heterocycles. The number of nitrogens with zero attached hydrogens (tertiary/aromatic N) is 1. The van der Waals surface area contributed by atoms with Crippen molar-refractivity contribution in [3.8, 4) is 5.88 Å². The second-order valence-corrected chi connectivity index (χ2v) is 2.86. The minimum absolute atomic E-state index is 0.136. The summed E-state index contributed by atoms with van der Waals surface area (Å²) < 4.78 is 42.2. The first-order valence-corrected chi connectivity index (χ1v) is 3.89. The molecular weight excluding hydrogens is 182 g/mol. The highest BCUT2D eigenvalue weighted by atomic mass is 19.4. The zero-order valence-corrected chi connectivity index (χ0v) is 6.64. The van der Waals surface area contributed by atoms with Gasteiger partial charge in [-0.25, -0.2) is 4.98 Å². The summed E-state index contributed by atoms with van der Waals surface area (Å²) in [5.74, 6) is 0.136. The Morgan fingerprint density at radius 2 is 2.15 bits per heavy atom. The van der Waals surface area contributed by atoms with Crippen LogP contribution in [0.4, 0.5) is 12.9 Å². The highest BCUT2D eigenvalue weighted by Gasteiger charge is 2.31. The monoisotopic (exact) mass is 188 g/mol. The van der Waals surface area contributed by atoms with Crippen LogP contribution in [-0.4, -0.2) is 18.6 Å². The van der Waals surface area contributed by atoms with Crippen molar-refractivity contribution in [1.82, 2.24) is 4.98 Å². The van der Waals surface area contributed by atoms with Crippen LogP contribution in [0.15, 0.2) is 12.3 Å². The topological polar surface area (TPSA) is 22.1 Å². The van der Waals surface area contributed by atoms with Crippen molar-refractivity contribution in [2.75, 3.05) is 6.61 Å². The molecule has 0 N–H and O–H groups in total. The largest absolute Gasteiger partial charge is 0.510 e. The summed E-state index contributed by atoms with van der Waals surface area (Å²) >= 11 is 0. The molecule has 1 aliphatic rings. The fraction of sp³-hybridized carbons (Fsp3) is 0.286. The summed E-state index contributed by atoms with van der Waals surface area (Å²) in [6, 6.07) is 1.01. The average molecular weight is 188 g/mol. The van der Waals surface area contributed by atoms with Gasteiger partial charge in [-0.05, 0) is 5.56 Å². The average Bonchev–Trinajstić information content (AvgIpc) is 2.48. The molecule has 70 valence electrons. The van der Waals surface area contributed by atoms with Gasteiger partial charge in [-0.3, -0.25) is 0 Å². The first kappa shape index (κ1) is 8.41. The molecule has 0 atom stereocenters. The lowest BCUT2D eigenvalue weighted by molar-refractivity contribution is 0.345. The molecule has 0 spiro atoms. The minimum atomic E-state index is -4.94. The van der Waals surface area contributed by atoms with Crippen molar-refractivity contribution in [2.45, 2.75) is 6.42 Å². The summed E-state index contributed by atoms with van der Waals surface area (Å²) in [6.07, 6.45) is 1.44. The molecular formula is C7H6BF3NO-. The van der Waals surface area contributed by atoms with Crippen molar-refractivity contribution in [3.63, 3.8) is 0 Å². The third-order valence-corrected chi connectivity index (χ3v) is 2.00. The van der Waals surface area contributed by atoms with Crippen LogP contribution in [-0.2, 0) is 6.42 Å². The zero-order valence-electron chi connectivity index (χ0n) is 6.64. The van der Waals surface area contributed by atoms with E-state index in [9.17, 15) is 12.9 Å². The summed E-state index contributed by atoms with van der Waals surface area (Å²) in [6.45, 7) is -4.64. The maximum absolute atomic E-state index is 12.4. The minimum Gasteiger partial charge on any atom is -0.477 e.